The smallest absolute Gasteiger partial charge is 0.0584 e. The molecule has 2 aliphatic rings. The third kappa shape index (κ3) is 5.67. The molecule has 2 nitrogen and oxygen atoms in total. The van der Waals surface area contributed by atoms with Gasteiger partial charge in [0, 0.05) is 28.9 Å². The molecule has 0 aromatic heterocycles. The van der Waals surface area contributed by atoms with Gasteiger partial charge in [0.1, 0.15) is 0 Å². The zero-order valence-electron chi connectivity index (χ0n) is 9.15. The van der Waals surface area contributed by atoms with Gasteiger partial charge in [-0.15, -0.1) is 0 Å². The predicted molar refractivity (Wildman–Crippen MR) is 59.7 cm³/mol. The van der Waals surface area contributed by atoms with Crippen molar-refractivity contribution >= 4 is 0 Å². The van der Waals surface area contributed by atoms with E-state index in [1.807, 2.05) is 51.4 Å². The largest absolute Gasteiger partial charge is 0.396 e. The predicted octanol–water partition coefficient (Wildman–Crippen LogP) is 1.15. The van der Waals surface area contributed by atoms with E-state index < -0.39 is 6.10 Å². The maximum Gasteiger partial charge on any atom is 0.0584 e. The fraction of sp³-hybridized carbons (Fsp3) is 0.231. The van der Waals surface area contributed by atoms with Gasteiger partial charge in [-0.05, 0) is 58.3 Å². The SMILES string of the molecule is C[C@@H](O)[C]1[CH][CH][CH][C]1CO.[CH]1[CH][CH][CH][CH]1.[Fe]. The molecule has 0 amide bonds. The first kappa shape index (κ1) is 16.4. The van der Waals surface area contributed by atoms with E-state index in [2.05, 4.69) is 0 Å². The van der Waals surface area contributed by atoms with Crippen molar-refractivity contribution in [3.05, 3.63) is 63.2 Å². The standard InChI is InChI=1S/C8H11O2.C5H5.Fe/c1-6(10)8-4-2-3-7(8)5-9;1-2-4-5-3-1;/h2-4,6,9-10H,5H2,1H3;1-5H;/t6-;;/m1../s1. The molecule has 0 heterocycles. The van der Waals surface area contributed by atoms with E-state index in [4.69, 9.17) is 10.2 Å². The molecule has 0 aliphatic heterocycles. The molecule has 0 spiro atoms. The average molecular weight is 260 g/mol. The summed E-state index contributed by atoms with van der Waals surface area (Å²) in [5.74, 6) is 1.64. The van der Waals surface area contributed by atoms with E-state index in [9.17, 15) is 0 Å². The van der Waals surface area contributed by atoms with E-state index >= 15 is 0 Å². The van der Waals surface area contributed by atoms with Crippen LogP contribution >= 0.6 is 0 Å². The quantitative estimate of drug-likeness (QED) is 0.731. The maximum atomic E-state index is 9.11. The minimum Gasteiger partial charge on any atom is -0.396 e. The Bertz CT molecular complexity index is 150. The molecule has 10 radical (unpaired) electrons. The number of hydrogen-bond acceptors (Lipinski definition) is 2. The Morgan fingerprint density at radius 2 is 1.50 bits per heavy atom. The summed E-state index contributed by atoms with van der Waals surface area (Å²) in [6.07, 6.45) is 15.0. The van der Waals surface area contributed by atoms with E-state index in [-0.39, 0.29) is 23.7 Å². The fourth-order valence-electron chi connectivity index (χ4n) is 1.34. The molecule has 0 saturated heterocycles. The van der Waals surface area contributed by atoms with Crippen LogP contribution in [0.25, 0.3) is 0 Å². The minimum absolute atomic E-state index is 0. The molecule has 2 saturated carbocycles. The van der Waals surface area contributed by atoms with Crippen molar-refractivity contribution in [1.29, 1.82) is 0 Å². The fourth-order valence-corrected chi connectivity index (χ4v) is 1.34. The average Bonchev–Trinajstić information content (AvgIpc) is 2.92. The van der Waals surface area contributed by atoms with Gasteiger partial charge < -0.3 is 10.2 Å². The molecule has 2 N–H and O–H groups in total. The molecule has 2 aliphatic carbocycles. The zero-order valence-corrected chi connectivity index (χ0v) is 10.3. The number of aliphatic hydroxyl groups excluding tert-OH is 2. The van der Waals surface area contributed by atoms with E-state index in [1.165, 1.54) is 0 Å². The van der Waals surface area contributed by atoms with Crippen molar-refractivity contribution in [2.24, 2.45) is 0 Å². The van der Waals surface area contributed by atoms with Gasteiger partial charge in [-0.2, -0.15) is 0 Å². The Morgan fingerprint density at radius 1 is 1.00 bits per heavy atom. The van der Waals surface area contributed by atoms with Gasteiger partial charge >= 0.3 is 0 Å². The summed E-state index contributed by atoms with van der Waals surface area (Å²) in [7, 11) is 0. The van der Waals surface area contributed by atoms with E-state index in [1.54, 1.807) is 6.92 Å². The van der Waals surface area contributed by atoms with Gasteiger partial charge in [0.15, 0.2) is 0 Å². The van der Waals surface area contributed by atoms with Gasteiger partial charge in [0.25, 0.3) is 0 Å². The van der Waals surface area contributed by atoms with Gasteiger partial charge in [0.05, 0.1) is 12.7 Å². The van der Waals surface area contributed by atoms with E-state index in [0.717, 1.165) is 11.8 Å². The first-order valence-electron chi connectivity index (χ1n) is 4.95. The molecule has 1 atom stereocenters. The van der Waals surface area contributed by atoms with Crippen molar-refractivity contribution in [3.8, 4) is 0 Å². The van der Waals surface area contributed by atoms with Crippen molar-refractivity contribution in [2.45, 2.75) is 13.0 Å². The Labute approximate surface area is 110 Å². The van der Waals surface area contributed by atoms with Crippen LogP contribution in [0.4, 0.5) is 0 Å². The second kappa shape index (κ2) is 9.47. The van der Waals surface area contributed by atoms with Crippen molar-refractivity contribution in [3.63, 3.8) is 0 Å². The van der Waals surface area contributed by atoms with Crippen molar-refractivity contribution < 1.29 is 27.3 Å². The van der Waals surface area contributed by atoms with Crippen LogP contribution in [-0.2, 0) is 17.1 Å². The number of hydrogen-bond donors (Lipinski definition) is 2. The molecular formula is C13H16FeO2. The third-order valence-corrected chi connectivity index (χ3v) is 2.12. The Hall–Kier alpha value is 0.439. The summed E-state index contributed by atoms with van der Waals surface area (Å²) in [6, 6.07) is 0. The molecule has 3 heteroatoms. The molecule has 88 valence electrons. The van der Waals surface area contributed by atoms with E-state index in [0.29, 0.717) is 0 Å². The summed E-state index contributed by atoms with van der Waals surface area (Å²) < 4.78 is 0. The van der Waals surface area contributed by atoms with Crippen molar-refractivity contribution in [2.75, 3.05) is 6.61 Å². The van der Waals surface area contributed by atoms with Gasteiger partial charge in [-0.3, -0.25) is 0 Å². The van der Waals surface area contributed by atoms with Crippen LogP contribution in [0, 0.1) is 63.2 Å². The number of aliphatic hydroxyl groups is 2. The molecule has 16 heavy (non-hydrogen) atoms. The normalized spacial score (nSPS) is 23.4. The van der Waals surface area contributed by atoms with Crippen LogP contribution in [0.15, 0.2) is 0 Å². The first-order chi connectivity index (χ1) is 7.25. The van der Waals surface area contributed by atoms with Crippen LogP contribution in [0.1, 0.15) is 6.92 Å². The molecule has 2 fully saturated rings. The van der Waals surface area contributed by atoms with Crippen LogP contribution < -0.4 is 0 Å². The third-order valence-electron chi connectivity index (χ3n) is 2.12. The second-order valence-corrected chi connectivity index (χ2v) is 3.30. The summed E-state index contributed by atoms with van der Waals surface area (Å²) in [5.41, 5.74) is 0. The zero-order chi connectivity index (χ0) is 11.1. The molecular weight excluding hydrogens is 244 g/mol. The monoisotopic (exact) mass is 260 g/mol. The Balaban J connectivity index is 0.000000318. The summed E-state index contributed by atoms with van der Waals surface area (Å²) in [5, 5.41) is 17.9. The number of rotatable bonds is 2. The van der Waals surface area contributed by atoms with Crippen LogP contribution in [0.3, 0.4) is 0 Å². The van der Waals surface area contributed by atoms with Crippen LogP contribution in [-0.4, -0.2) is 22.9 Å². The van der Waals surface area contributed by atoms with Crippen LogP contribution in [0.5, 0.6) is 0 Å². The van der Waals surface area contributed by atoms with Gasteiger partial charge in [-0.1, -0.05) is 0 Å². The van der Waals surface area contributed by atoms with Gasteiger partial charge in [0.2, 0.25) is 0 Å². The maximum absolute atomic E-state index is 9.11. The Morgan fingerprint density at radius 3 is 1.81 bits per heavy atom. The van der Waals surface area contributed by atoms with Crippen LogP contribution in [0.2, 0.25) is 0 Å². The molecule has 0 aromatic rings. The molecule has 0 unspecified atom stereocenters. The van der Waals surface area contributed by atoms with Crippen molar-refractivity contribution in [1.82, 2.24) is 0 Å². The summed E-state index contributed by atoms with van der Waals surface area (Å²) >= 11 is 0. The first-order valence-corrected chi connectivity index (χ1v) is 4.95. The summed E-state index contributed by atoms with van der Waals surface area (Å²) in [4.78, 5) is 0. The molecule has 0 bridgehead atoms. The second-order valence-electron chi connectivity index (χ2n) is 3.30. The van der Waals surface area contributed by atoms with Gasteiger partial charge in [-0.25, -0.2) is 0 Å². The molecule has 0 aromatic carbocycles. The molecule has 2 rings (SSSR count). The Kier molecular flexibility index (Phi) is 9.73. The summed E-state index contributed by atoms with van der Waals surface area (Å²) in [6.45, 7) is 1.70. The minimum atomic E-state index is -0.475. The topological polar surface area (TPSA) is 40.5 Å².